The Morgan fingerprint density at radius 2 is 2.18 bits per heavy atom. The van der Waals surface area contributed by atoms with Crippen LogP contribution in [0.1, 0.15) is 18.6 Å². The molecule has 0 spiro atoms. The molecule has 0 aliphatic heterocycles. The zero-order chi connectivity index (χ0) is 12.3. The van der Waals surface area contributed by atoms with Crippen LogP contribution >= 0.6 is 23.2 Å². The van der Waals surface area contributed by atoms with Crippen molar-refractivity contribution in [2.24, 2.45) is 0 Å². The van der Waals surface area contributed by atoms with E-state index in [9.17, 15) is 0 Å². The van der Waals surface area contributed by atoms with Gasteiger partial charge in [0.1, 0.15) is 10.8 Å². The van der Waals surface area contributed by atoms with Gasteiger partial charge in [0, 0.05) is 6.42 Å². The highest BCUT2D eigenvalue weighted by Gasteiger charge is 2.09. The topological polar surface area (TPSA) is 48.2 Å². The monoisotopic (exact) mass is 272 g/mol. The SMILES string of the molecule is CCc1noc(COc2cccc(Cl)c2Cl)n1. The van der Waals surface area contributed by atoms with Crippen LogP contribution in [0.25, 0.3) is 0 Å². The molecule has 4 nitrogen and oxygen atoms in total. The van der Waals surface area contributed by atoms with Crippen LogP contribution in [0, 0.1) is 0 Å². The molecule has 0 amide bonds. The van der Waals surface area contributed by atoms with E-state index in [1.165, 1.54) is 0 Å². The molecule has 0 bridgehead atoms. The summed E-state index contributed by atoms with van der Waals surface area (Å²) < 4.78 is 10.4. The summed E-state index contributed by atoms with van der Waals surface area (Å²) in [5.41, 5.74) is 0. The fourth-order valence-electron chi connectivity index (χ4n) is 1.23. The van der Waals surface area contributed by atoms with E-state index in [1.807, 2.05) is 6.92 Å². The summed E-state index contributed by atoms with van der Waals surface area (Å²) in [5.74, 6) is 1.56. The van der Waals surface area contributed by atoms with Gasteiger partial charge in [-0.3, -0.25) is 0 Å². The Hall–Kier alpha value is -1.26. The predicted octanol–water partition coefficient (Wildman–Crippen LogP) is 3.52. The minimum Gasteiger partial charge on any atom is -0.482 e. The molecule has 17 heavy (non-hydrogen) atoms. The van der Waals surface area contributed by atoms with Crippen LogP contribution in [0.4, 0.5) is 0 Å². The summed E-state index contributed by atoms with van der Waals surface area (Å²) in [4.78, 5) is 4.12. The van der Waals surface area contributed by atoms with Gasteiger partial charge in [-0.1, -0.05) is 41.3 Å². The van der Waals surface area contributed by atoms with Gasteiger partial charge in [0.15, 0.2) is 12.4 Å². The van der Waals surface area contributed by atoms with E-state index in [2.05, 4.69) is 10.1 Å². The number of aromatic nitrogens is 2. The zero-order valence-corrected chi connectivity index (χ0v) is 10.6. The smallest absolute Gasteiger partial charge is 0.264 e. The summed E-state index contributed by atoms with van der Waals surface area (Å²) in [6, 6.07) is 5.18. The van der Waals surface area contributed by atoms with Crippen LogP contribution in [0.5, 0.6) is 5.75 Å². The van der Waals surface area contributed by atoms with Crippen LogP contribution in [0.3, 0.4) is 0 Å². The van der Waals surface area contributed by atoms with E-state index in [-0.39, 0.29) is 6.61 Å². The van der Waals surface area contributed by atoms with Crippen molar-refractivity contribution in [3.8, 4) is 5.75 Å². The highest BCUT2D eigenvalue weighted by Crippen LogP contribution is 2.31. The maximum atomic E-state index is 5.97. The second-order valence-electron chi connectivity index (χ2n) is 3.30. The third-order valence-electron chi connectivity index (χ3n) is 2.09. The number of nitrogens with zero attached hydrogens (tertiary/aromatic N) is 2. The Morgan fingerprint density at radius 3 is 2.88 bits per heavy atom. The highest BCUT2D eigenvalue weighted by molar-refractivity contribution is 6.42. The fraction of sp³-hybridized carbons (Fsp3) is 0.273. The molecule has 0 atom stereocenters. The van der Waals surface area contributed by atoms with E-state index < -0.39 is 0 Å². The van der Waals surface area contributed by atoms with Crippen LogP contribution < -0.4 is 4.74 Å². The highest BCUT2D eigenvalue weighted by atomic mass is 35.5. The number of rotatable bonds is 4. The molecule has 0 fully saturated rings. The summed E-state index contributed by atoms with van der Waals surface area (Å²) in [7, 11) is 0. The molecule has 0 radical (unpaired) electrons. The van der Waals surface area contributed by atoms with E-state index in [0.29, 0.717) is 27.5 Å². The fourth-order valence-corrected chi connectivity index (χ4v) is 1.57. The zero-order valence-electron chi connectivity index (χ0n) is 9.11. The summed E-state index contributed by atoms with van der Waals surface area (Å²) in [6.07, 6.45) is 0.724. The minimum atomic E-state index is 0.174. The van der Waals surface area contributed by atoms with Gasteiger partial charge < -0.3 is 9.26 Å². The van der Waals surface area contributed by atoms with E-state index in [1.54, 1.807) is 18.2 Å². The van der Waals surface area contributed by atoms with Crippen LogP contribution in [0.15, 0.2) is 22.7 Å². The Kier molecular flexibility index (Phi) is 3.86. The minimum absolute atomic E-state index is 0.174. The molecule has 0 unspecified atom stereocenters. The second-order valence-corrected chi connectivity index (χ2v) is 4.08. The molecule has 0 aliphatic rings. The molecule has 0 N–H and O–H groups in total. The molecule has 0 aliphatic carbocycles. The lowest BCUT2D eigenvalue weighted by Gasteiger charge is -2.05. The Labute approximate surface area is 108 Å². The van der Waals surface area contributed by atoms with Gasteiger partial charge in [0.25, 0.3) is 5.89 Å². The summed E-state index contributed by atoms with van der Waals surface area (Å²) >= 11 is 11.8. The first-order chi connectivity index (χ1) is 8.20. The van der Waals surface area contributed by atoms with Crippen molar-refractivity contribution in [3.63, 3.8) is 0 Å². The summed E-state index contributed by atoms with van der Waals surface area (Å²) in [5, 5.41) is 4.59. The molecule has 0 saturated heterocycles. The van der Waals surface area contributed by atoms with Gasteiger partial charge in [-0.2, -0.15) is 4.98 Å². The Morgan fingerprint density at radius 1 is 1.35 bits per heavy atom. The van der Waals surface area contributed by atoms with Gasteiger partial charge in [0.2, 0.25) is 0 Å². The normalized spacial score (nSPS) is 10.5. The Balaban J connectivity index is 2.04. The maximum Gasteiger partial charge on any atom is 0.264 e. The van der Waals surface area contributed by atoms with Gasteiger partial charge in [0.05, 0.1) is 5.02 Å². The van der Waals surface area contributed by atoms with Crippen LogP contribution in [-0.4, -0.2) is 10.1 Å². The lowest BCUT2D eigenvalue weighted by molar-refractivity contribution is 0.242. The molecule has 1 heterocycles. The molecule has 1 aromatic carbocycles. The average Bonchev–Trinajstić information content (AvgIpc) is 2.79. The number of hydrogen-bond donors (Lipinski definition) is 0. The third kappa shape index (κ3) is 2.90. The second kappa shape index (κ2) is 5.38. The van der Waals surface area contributed by atoms with E-state index in [4.69, 9.17) is 32.5 Å². The molecular formula is C11H10Cl2N2O2. The van der Waals surface area contributed by atoms with Crippen LogP contribution in [-0.2, 0) is 13.0 Å². The van der Waals surface area contributed by atoms with Crippen molar-refractivity contribution in [2.75, 3.05) is 0 Å². The third-order valence-corrected chi connectivity index (χ3v) is 2.90. The lowest BCUT2D eigenvalue weighted by atomic mass is 10.3. The van der Waals surface area contributed by atoms with E-state index >= 15 is 0 Å². The summed E-state index contributed by atoms with van der Waals surface area (Å²) in [6.45, 7) is 2.12. The maximum absolute atomic E-state index is 5.97. The predicted molar refractivity (Wildman–Crippen MR) is 64.5 cm³/mol. The van der Waals surface area contributed by atoms with Crippen molar-refractivity contribution < 1.29 is 9.26 Å². The van der Waals surface area contributed by atoms with Gasteiger partial charge >= 0.3 is 0 Å². The van der Waals surface area contributed by atoms with Gasteiger partial charge in [-0.05, 0) is 12.1 Å². The first kappa shape index (κ1) is 12.2. The quantitative estimate of drug-likeness (QED) is 0.855. The molecule has 1 aromatic heterocycles. The van der Waals surface area contributed by atoms with Crippen molar-refractivity contribution in [3.05, 3.63) is 40.0 Å². The molecule has 2 aromatic rings. The van der Waals surface area contributed by atoms with Crippen molar-refractivity contribution in [1.29, 1.82) is 0 Å². The van der Waals surface area contributed by atoms with E-state index in [0.717, 1.165) is 6.42 Å². The number of ether oxygens (including phenoxy) is 1. The van der Waals surface area contributed by atoms with Crippen molar-refractivity contribution in [1.82, 2.24) is 10.1 Å². The number of hydrogen-bond acceptors (Lipinski definition) is 4. The number of halogens is 2. The first-order valence-corrected chi connectivity index (χ1v) is 5.84. The van der Waals surface area contributed by atoms with Crippen LogP contribution in [0.2, 0.25) is 10.0 Å². The first-order valence-electron chi connectivity index (χ1n) is 5.09. The standard InChI is InChI=1S/C11H10Cl2N2O2/c1-2-9-14-10(17-15-9)6-16-8-5-3-4-7(12)11(8)13/h3-5H,2,6H2,1H3. The van der Waals surface area contributed by atoms with Gasteiger partial charge in [-0.15, -0.1) is 0 Å². The molecule has 6 heteroatoms. The molecule has 2 rings (SSSR count). The number of aryl methyl sites for hydroxylation is 1. The van der Waals surface area contributed by atoms with Crippen molar-refractivity contribution in [2.45, 2.75) is 20.0 Å². The molecular weight excluding hydrogens is 263 g/mol. The average molecular weight is 273 g/mol. The van der Waals surface area contributed by atoms with Gasteiger partial charge in [-0.25, -0.2) is 0 Å². The number of benzene rings is 1. The largest absolute Gasteiger partial charge is 0.482 e. The molecule has 90 valence electrons. The van der Waals surface area contributed by atoms with Crippen molar-refractivity contribution >= 4 is 23.2 Å². The Bertz CT molecular complexity index is 514. The lowest BCUT2D eigenvalue weighted by Crippen LogP contribution is -1.96. The molecule has 0 saturated carbocycles.